The van der Waals surface area contributed by atoms with Gasteiger partial charge in [-0.05, 0) is 63.4 Å². The second-order valence-corrected chi connectivity index (χ2v) is 5.37. The Morgan fingerprint density at radius 3 is 2.74 bits per heavy atom. The largest absolute Gasteiger partial charge is 0.317 e. The van der Waals surface area contributed by atoms with Gasteiger partial charge in [0.2, 0.25) is 5.91 Å². The van der Waals surface area contributed by atoms with Crippen molar-refractivity contribution in [1.29, 1.82) is 0 Å². The second kappa shape index (κ2) is 6.71. The molecule has 1 saturated heterocycles. The van der Waals surface area contributed by atoms with Crippen LogP contribution in [-0.4, -0.2) is 25.5 Å². The fourth-order valence-electron chi connectivity index (χ4n) is 2.74. The quantitative estimate of drug-likeness (QED) is 0.903. The Morgan fingerprint density at radius 1 is 1.37 bits per heavy atom. The van der Waals surface area contributed by atoms with Crippen molar-refractivity contribution >= 4 is 11.6 Å². The van der Waals surface area contributed by atoms with Crippen molar-refractivity contribution in [2.75, 3.05) is 24.5 Å². The summed E-state index contributed by atoms with van der Waals surface area (Å²) in [6, 6.07) is 8.19. The lowest BCUT2D eigenvalue weighted by atomic mass is 9.94. The summed E-state index contributed by atoms with van der Waals surface area (Å²) in [5.74, 6) is 0.813. The molecule has 1 heterocycles. The van der Waals surface area contributed by atoms with Gasteiger partial charge >= 0.3 is 0 Å². The van der Waals surface area contributed by atoms with Crippen molar-refractivity contribution in [3.05, 3.63) is 29.8 Å². The molecule has 104 valence electrons. The number of benzene rings is 1. The van der Waals surface area contributed by atoms with Crippen LogP contribution in [0.4, 0.5) is 5.69 Å². The molecular formula is C16H24N2O. The first-order valence-corrected chi connectivity index (χ1v) is 7.28. The number of nitrogens with one attached hydrogen (secondary N) is 1. The van der Waals surface area contributed by atoms with Crippen LogP contribution in [0.15, 0.2) is 24.3 Å². The van der Waals surface area contributed by atoms with Crippen molar-refractivity contribution in [1.82, 2.24) is 5.32 Å². The average molecular weight is 260 g/mol. The fraction of sp³-hybridized carbons (Fsp3) is 0.562. The number of nitrogens with zero attached hydrogens (tertiary/aromatic N) is 1. The number of carbonyl (C=O) groups excluding carboxylic acids is 1. The average Bonchev–Trinajstić information content (AvgIpc) is 2.41. The third-order valence-corrected chi connectivity index (χ3v) is 3.85. The Morgan fingerprint density at radius 2 is 2.11 bits per heavy atom. The molecule has 3 nitrogen and oxygen atoms in total. The summed E-state index contributed by atoms with van der Waals surface area (Å²) >= 11 is 0. The van der Waals surface area contributed by atoms with Gasteiger partial charge in [-0.1, -0.05) is 12.1 Å². The molecule has 0 aliphatic carbocycles. The second-order valence-electron chi connectivity index (χ2n) is 5.37. The zero-order valence-electron chi connectivity index (χ0n) is 12.0. The van der Waals surface area contributed by atoms with E-state index in [0.29, 0.717) is 12.3 Å². The zero-order chi connectivity index (χ0) is 13.7. The third kappa shape index (κ3) is 3.80. The third-order valence-electron chi connectivity index (χ3n) is 3.85. The van der Waals surface area contributed by atoms with Gasteiger partial charge in [0, 0.05) is 18.7 Å². The molecule has 0 saturated carbocycles. The number of aryl methyl sites for hydroxylation is 1. The predicted octanol–water partition coefficient (Wildman–Crippen LogP) is 2.74. The van der Waals surface area contributed by atoms with E-state index < -0.39 is 0 Å². The molecule has 1 aliphatic rings. The molecule has 19 heavy (non-hydrogen) atoms. The van der Waals surface area contributed by atoms with E-state index in [1.807, 2.05) is 24.0 Å². The number of rotatable bonds is 4. The van der Waals surface area contributed by atoms with E-state index in [2.05, 4.69) is 24.4 Å². The Balaban J connectivity index is 2.02. The molecule has 0 atom stereocenters. The normalized spacial score (nSPS) is 16.3. The molecule has 0 radical (unpaired) electrons. The van der Waals surface area contributed by atoms with Crippen molar-refractivity contribution < 1.29 is 4.79 Å². The first kappa shape index (κ1) is 14.1. The highest BCUT2D eigenvalue weighted by atomic mass is 16.2. The smallest absolute Gasteiger partial charge is 0.227 e. The van der Waals surface area contributed by atoms with E-state index in [-0.39, 0.29) is 5.91 Å². The minimum atomic E-state index is 0.264. The van der Waals surface area contributed by atoms with Gasteiger partial charge in [-0.15, -0.1) is 0 Å². The lowest BCUT2D eigenvalue weighted by Gasteiger charge is -2.26. The van der Waals surface area contributed by atoms with E-state index in [1.165, 1.54) is 5.56 Å². The van der Waals surface area contributed by atoms with Crippen molar-refractivity contribution in [2.24, 2.45) is 5.92 Å². The SMILES string of the molecule is CCN(C(=O)CC1CCNCC1)c1cccc(C)c1. The number of amides is 1. The highest BCUT2D eigenvalue weighted by Crippen LogP contribution is 2.21. The van der Waals surface area contributed by atoms with Crippen LogP contribution in [0.2, 0.25) is 0 Å². The highest BCUT2D eigenvalue weighted by molar-refractivity contribution is 5.93. The lowest BCUT2D eigenvalue weighted by molar-refractivity contribution is -0.119. The fourth-order valence-corrected chi connectivity index (χ4v) is 2.74. The highest BCUT2D eigenvalue weighted by Gasteiger charge is 2.21. The molecule has 1 aromatic carbocycles. The van der Waals surface area contributed by atoms with Gasteiger partial charge in [-0.3, -0.25) is 4.79 Å². The Kier molecular flexibility index (Phi) is 4.97. The summed E-state index contributed by atoms with van der Waals surface area (Å²) in [7, 11) is 0. The molecular weight excluding hydrogens is 236 g/mol. The summed E-state index contributed by atoms with van der Waals surface area (Å²) < 4.78 is 0. The summed E-state index contributed by atoms with van der Waals surface area (Å²) in [6.45, 7) is 6.95. The van der Waals surface area contributed by atoms with Crippen LogP contribution in [0.25, 0.3) is 0 Å². The lowest BCUT2D eigenvalue weighted by Crippen LogP contribution is -2.35. The predicted molar refractivity (Wildman–Crippen MR) is 79.4 cm³/mol. The summed E-state index contributed by atoms with van der Waals surface area (Å²) in [6.07, 6.45) is 2.93. The topological polar surface area (TPSA) is 32.3 Å². The summed E-state index contributed by atoms with van der Waals surface area (Å²) in [5, 5.41) is 3.35. The molecule has 1 amide bonds. The van der Waals surface area contributed by atoms with Gasteiger partial charge in [0.05, 0.1) is 0 Å². The van der Waals surface area contributed by atoms with Crippen LogP contribution < -0.4 is 10.2 Å². The van der Waals surface area contributed by atoms with Crippen molar-refractivity contribution in [3.63, 3.8) is 0 Å². The molecule has 1 N–H and O–H groups in total. The van der Waals surface area contributed by atoms with Crippen LogP contribution in [0, 0.1) is 12.8 Å². The summed E-state index contributed by atoms with van der Waals surface area (Å²) in [4.78, 5) is 14.4. The first-order valence-electron chi connectivity index (χ1n) is 7.28. The van der Waals surface area contributed by atoms with Gasteiger partial charge in [0.1, 0.15) is 0 Å². The molecule has 0 bridgehead atoms. The molecule has 0 spiro atoms. The molecule has 1 fully saturated rings. The van der Waals surface area contributed by atoms with Crippen LogP contribution >= 0.6 is 0 Å². The maximum atomic E-state index is 12.5. The van der Waals surface area contributed by atoms with Gasteiger partial charge in [0.15, 0.2) is 0 Å². The monoisotopic (exact) mass is 260 g/mol. The molecule has 1 aromatic rings. The number of anilines is 1. The van der Waals surface area contributed by atoms with E-state index in [0.717, 1.165) is 38.2 Å². The van der Waals surface area contributed by atoms with Gasteiger partial charge < -0.3 is 10.2 Å². The maximum Gasteiger partial charge on any atom is 0.227 e. The van der Waals surface area contributed by atoms with Crippen LogP contribution in [0.3, 0.4) is 0 Å². The van der Waals surface area contributed by atoms with E-state index >= 15 is 0 Å². The van der Waals surface area contributed by atoms with E-state index in [9.17, 15) is 4.79 Å². The number of carbonyl (C=O) groups is 1. The van der Waals surface area contributed by atoms with Gasteiger partial charge in [-0.25, -0.2) is 0 Å². The Bertz CT molecular complexity index is 425. The maximum absolute atomic E-state index is 12.5. The van der Waals surface area contributed by atoms with E-state index in [4.69, 9.17) is 0 Å². The molecule has 3 heteroatoms. The minimum Gasteiger partial charge on any atom is -0.317 e. The van der Waals surface area contributed by atoms with Crippen LogP contribution in [-0.2, 0) is 4.79 Å². The zero-order valence-corrected chi connectivity index (χ0v) is 12.0. The first-order chi connectivity index (χ1) is 9.20. The van der Waals surface area contributed by atoms with Crippen molar-refractivity contribution in [2.45, 2.75) is 33.1 Å². The van der Waals surface area contributed by atoms with E-state index in [1.54, 1.807) is 0 Å². The standard InChI is InChI=1S/C16H24N2O/c1-3-18(15-6-4-5-13(2)11-15)16(19)12-14-7-9-17-10-8-14/h4-6,11,14,17H,3,7-10,12H2,1-2H3. The van der Waals surface area contributed by atoms with Gasteiger partial charge in [0.25, 0.3) is 0 Å². The molecule has 0 unspecified atom stereocenters. The minimum absolute atomic E-state index is 0.264. The van der Waals surface area contributed by atoms with Crippen LogP contribution in [0.5, 0.6) is 0 Å². The Labute approximate surface area is 116 Å². The number of piperidine rings is 1. The van der Waals surface area contributed by atoms with Gasteiger partial charge in [-0.2, -0.15) is 0 Å². The number of hydrogen-bond donors (Lipinski definition) is 1. The molecule has 2 rings (SSSR count). The number of hydrogen-bond acceptors (Lipinski definition) is 2. The summed E-state index contributed by atoms with van der Waals surface area (Å²) in [5.41, 5.74) is 2.23. The molecule has 0 aromatic heterocycles. The van der Waals surface area contributed by atoms with Crippen molar-refractivity contribution in [3.8, 4) is 0 Å². The molecule has 1 aliphatic heterocycles. The Hall–Kier alpha value is -1.35. The van der Waals surface area contributed by atoms with Crippen LogP contribution in [0.1, 0.15) is 31.7 Å².